The van der Waals surface area contributed by atoms with Crippen molar-refractivity contribution in [2.45, 2.75) is 13.0 Å². The zero-order valence-electron chi connectivity index (χ0n) is 19.1. The Balaban J connectivity index is 2.07. The van der Waals surface area contributed by atoms with Crippen LogP contribution in [0.2, 0.25) is 0 Å². The van der Waals surface area contributed by atoms with Crippen molar-refractivity contribution in [3.8, 4) is 11.5 Å². The molecule has 174 valence electrons. The molecule has 34 heavy (non-hydrogen) atoms. The fourth-order valence-corrected chi connectivity index (χ4v) is 4.37. The molecule has 0 bridgehead atoms. The van der Waals surface area contributed by atoms with Crippen molar-refractivity contribution in [2.75, 3.05) is 20.7 Å². The predicted octanol–water partition coefficient (Wildman–Crippen LogP) is 5.31. The molecule has 1 aliphatic rings. The van der Waals surface area contributed by atoms with Gasteiger partial charge in [-0.2, -0.15) is 0 Å². The van der Waals surface area contributed by atoms with Crippen LogP contribution in [0.5, 0.6) is 11.5 Å². The number of benzene rings is 3. The second kappa shape index (κ2) is 9.27. The molecule has 1 aliphatic heterocycles. The van der Waals surface area contributed by atoms with Gasteiger partial charge in [-0.1, -0.05) is 60.7 Å². The smallest absolute Gasteiger partial charge is 0.324 e. The summed E-state index contributed by atoms with van der Waals surface area (Å²) in [6.45, 7) is 1.94. The maximum Gasteiger partial charge on any atom is 0.324 e. The number of nitro groups is 1. The standard InChI is InChI=1S/C26H25N3O5/c1-4-34-21-16-19(15-20(25(21)30)29(32)33)24-22(17-11-7-5-8-12-17)23(18-13-9-6-10-14-18)27(2)26(31)28(24)3/h5-16,24,30H,4H2,1-3H3. The van der Waals surface area contributed by atoms with Gasteiger partial charge in [-0.3, -0.25) is 15.0 Å². The number of nitro benzene ring substituents is 1. The van der Waals surface area contributed by atoms with E-state index >= 15 is 0 Å². The van der Waals surface area contributed by atoms with Gasteiger partial charge in [-0.05, 0) is 29.7 Å². The molecule has 0 saturated heterocycles. The van der Waals surface area contributed by atoms with Gasteiger partial charge in [0.25, 0.3) is 0 Å². The number of amides is 2. The normalized spacial score (nSPS) is 16.1. The molecule has 8 nitrogen and oxygen atoms in total. The van der Waals surface area contributed by atoms with E-state index in [2.05, 4.69) is 0 Å². The Hall–Kier alpha value is -4.33. The third kappa shape index (κ3) is 3.94. The largest absolute Gasteiger partial charge is 0.500 e. The molecule has 2 amide bonds. The number of rotatable bonds is 6. The molecule has 3 aromatic carbocycles. The minimum Gasteiger partial charge on any atom is -0.500 e. The lowest BCUT2D eigenvalue weighted by molar-refractivity contribution is -0.386. The van der Waals surface area contributed by atoms with Crippen molar-refractivity contribution >= 4 is 23.0 Å². The first kappa shape index (κ1) is 22.8. The van der Waals surface area contributed by atoms with E-state index in [0.717, 1.165) is 16.7 Å². The number of carbonyl (C=O) groups excluding carboxylic acids is 1. The second-order valence-electron chi connectivity index (χ2n) is 7.93. The lowest BCUT2D eigenvalue weighted by Crippen LogP contribution is -2.45. The fraction of sp³-hybridized carbons (Fsp3) is 0.192. The SMILES string of the molecule is CCOc1cc(C2C(c3ccccc3)=C(c3ccccc3)N(C)C(=O)N2C)cc([N+](=O)[O-])c1O. The van der Waals surface area contributed by atoms with E-state index in [4.69, 9.17) is 4.74 Å². The minimum atomic E-state index is -0.667. The number of aromatic hydroxyl groups is 1. The third-order valence-electron chi connectivity index (χ3n) is 5.86. The highest BCUT2D eigenvalue weighted by Gasteiger charge is 2.39. The first-order chi connectivity index (χ1) is 16.3. The monoisotopic (exact) mass is 459 g/mol. The summed E-state index contributed by atoms with van der Waals surface area (Å²) < 4.78 is 5.51. The zero-order chi connectivity index (χ0) is 24.4. The Kier molecular flexibility index (Phi) is 6.23. The van der Waals surface area contributed by atoms with Crippen LogP contribution in [0.15, 0.2) is 72.8 Å². The van der Waals surface area contributed by atoms with Crippen LogP contribution in [-0.4, -0.2) is 46.6 Å². The Bertz CT molecular complexity index is 1260. The third-order valence-corrected chi connectivity index (χ3v) is 5.86. The molecule has 0 aromatic heterocycles. The van der Waals surface area contributed by atoms with Gasteiger partial charge in [0.1, 0.15) is 0 Å². The summed E-state index contributed by atoms with van der Waals surface area (Å²) in [5.74, 6) is -0.536. The number of phenolic OH excluding ortho intramolecular Hbond substituents is 1. The highest BCUT2D eigenvalue weighted by Crippen LogP contribution is 2.48. The van der Waals surface area contributed by atoms with E-state index in [1.165, 1.54) is 6.07 Å². The van der Waals surface area contributed by atoms with Crippen molar-refractivity contribution in [1.82, 2.24) is 9.80 Å². The average Bonchev–Trinajstić information content (AvgIpc) is 2.85. The van der Waals surface area contributed by atoms with Crippen LogP contribution in [0.4, 0.5) is 10.5 Å². The van der Waals surface area contributed by atoms with Gasteiger partial charge in [-0.25, -0.2) is 4.79 Å². The van der Waals surface area contributed by atoms with Crippen molar-refractivity contribution in [3.05, 3.63) is 99.6 Å². The summed E-state index contributed by atoms with van der Waals surface area (Å²) in [7, 11) is 3.37. The average molecular weight is 460 g/mol. The minimum absolute atomic E-state index is 0.000139. The predicted molar refractivity (Wildman–Crippen MR) is 129 cm³/mol. The van der Waals surface area contributed by atoms with E-state index in [-0.39, 0.29) is 18.4 Å². The van der Waals surface area contributed by atoms with Crippen LogP contribution >= 0.6 is 0 Å². The van der Waals surface area contributed by atoms with Crippen molar-refractivity contribution in [2.24, 2.45) is 0 Å². The maximum atomic E-state index is 13.4. The molecule has 1 heterocycles. The van der Waals surface area contributed by atoms with Gasteiger partial charge < -0.3 is 14.7 Å². The van der Waals surface area contributed by atoms with Crippen LogP contribution in [0, 0.1) is 10.1 Å². The summed E-state index contributed by atoms with van der Waals surface area (Å²) in [5.41, 5.74) is 3.20. The molecule has 1 unspecified atom stereocenters. The molecular weight excluding hydrogens is 434 g/mol. The van der Waals surface area contributed by atoms with Gasteiger partial charge in [0, 0.05) is 25.7 Å². The maximum absolute atomic E-state index is 13.4. The number of phenols is 1. The summed E-state index contributed by atoms with van der Waals surface area (Å²) >= 11 is 0. The van der Waals surface area contributed by atoms with Gasteiger partial charge in [0.2, 0.25) is 5.75 Å². The van der Waals surface area contributed by atoms with Gasteiger partial charge in [0.15, 0.2) is 5.75 Å². The summed E-state index contributed by atoms with van der Waals surface area (Å²) in [6.07, 6.45) is 0. The lowest BCUT2D eigenvalue weighted by atomic mass is 9.86. The first-order valence-electron chi connectivity index (χ1n) is 10.8. The topological polar surface area (TPSA) is 96.2 Å². The fourth-order valence-electron chi connectivity index (χ4n) is 4.37. The second-order valence-corrected chi connectivity index (χ2v) is 7.93. The van der Waals surface area contributed by atoms with E-state index in [0.29, 0.717) is 11.3 Å². The summed E-state index contributed by atoms with van der Waals surface area (Å²) in [5, 5.41) is 22.2. The molecule has 0 radical (unpaired) electrons. The molecule has 1 atom stereocenters. The number of ether oxygens (including phenoxy) is 1. The summed E-state index contributed by atoms with van der Waals surface area (Å²) in [4.78, 5) is 27.6. The van der Waals surface area contributed by atoms with Crippen LogP contribution in [-0.2, 0) is 0 Å². The molecule has 0 aliphatic carbocycles. The molecule has 0 saturated carbocycles. The van der Waals surface area contributed by atoms with Gasteiger partial charge >= 0.3 is 11.7 Å². The number of hydrogen-bond acceptors (Lipinski definition) is 5. The molecule has 4 rings (SSSR count). The number of carbonyl (C=O) groups is 1. The number of hydrogen-bond donors (Lipinski definition) is 1. The molecular formula is C26H25N3O5. The van der Waals surface area contributed by atoms with Crippen molar-refractivity contribution < 1.29 is 19.6 Å². The number of likely N-dealkylation sites (N-methyl/N-ethyl adjacent to an activating group) is 1. The first-order valence-corrected chi connectivity index (χ1v) is 10.8. The highest BCUT2D eigenvalue weighted by molar-refractivity contribution is 6.02. The summed E-state index contributed by atoms with van der Waals surface area (Å²) in [6, 6.07) is 21.1. The van der Waals surface area contributed by atoms with E-state index in [9.17, 15) is 20.0 Å². The lowest BCUT2D eigenvalue weighted by Gasteiger charge is -2.41. The highest BCUT2D eigenvalue weighted by atomic mass is 16.6. The van der Waals surface area contributed by atoms with E-state index < -0.39 is 22.4 Å². The van der Waals surface area contributed by atoms with Crippen molar-refractivity contribution in [1.29, 1.82) is 0 Å². The quantitative estimate of drug-likeness (QED) is 0.398. The van der Waals surface area contributed by atoms with Crippen LogP contribution < -0.4 is 4.74 Å². The van der Waals surface area contributed by atoms with E-state index in [1.54, 1.807) is 36.9 Å². The molecule has 1 N–H and O–H groups in total. The Labute approximate surface area is 197 Å². The van der Waals surface area contributed by atoms with Gasteiger partial charge in [-0.15, -0.1) is 0 Å². The zero-order valence-corrected chi connectivity index (χ0v) is 19.1. The van der Waals surface area contributed by atoms with Crippen LogP contribution in [0.25, 0.3) is 11.3 Å². The van der Waals surface area contributed by atoms with Crippen LogP contribution in [0.1, 0.15) is 29.7 Å². The molecule has 0 spiro atoms. The Morgan fingerprint density at radius 2 is 1.59 bits per heavy atom. The number of nitrogens with zero attached hydrogens (tertiary/aromatic N) is 3. The number of urea groups is 1. The Morgan fingerprint density at radius 3 is 2.15 bits per heavy atom. The van der Waals surface area contributed by atoms with E-state index in [1.807, 2.05) is 60.7 Å². The Morgan fingerprint density at radius 1 is 1.00 bits per heavy atom. The molecule has 0 fully saturated rings. The molecule has 3 aromatic rings. The molecule has 8 heteroatoms. The van der Waals surface area contributed by atoms with Crippen LogP contribution in [0.3, 0.4) is 0 Å². The van der Waals surface area contributed by atoms with Gasteiger partial charge in [0.05, 0.1) is 23.3 Å². The van der Waals surface area contributed by atoms with Crippen molar-refractivity contribution in [3.63, 3.8) is 0 Å².